The van der Waals surface area contributed by atoms with Crippen molar-refractivity contribution in [2.24, 2.45) is 0 Å². The quantitative estimate of drug-likeness (QED) is 0.864. The fraction of sp³-hybridized carbons (Fsp3) is 0.500. The maximum absolute atomic E-state index is 12.6. The maximum atomic E-state index is 12.6. The monoisotopic (exact) mass is 321 g/mol. The highest BCUT2D eigenvalue weighted by Crippen LogP contribution is 2.28. The summed E-state index contributed by atoms with van der Waals surface area (Å²) in [6.45, 7) is 5.08. The zero-order valence-corrected chi connectivity index (χ0v) is 13.6. The lowest BCUT2D eigenvalue weighted by atomic mass is 10.1. The van der Waals surface area contributed by atoms with Crippen LogP contribution >= 0.6 is 11.6 Å². The molecule has 0 spiro atoms. The SMILES string of the molecule is Cc1cccc(Cl)c1NC(=O)N1C[C@@H]2CCCN2C(=O)[C@@H]1C. The van der Waals surface area contributed by atoms with E-state index >= 15 is 0 Å². The van der Waals surface area contributed by atoms with Gasteiger partial charge >= 0.3 is 6.03 Å². The topological polar surface area (TPSA) is 52.7 Å². The van der Waals surface area contributed by atoms with Crippen LogP contribution in [-0.2, 0) is 4.79 Å². The van der Waals surface area contributed by atoms with Crippen molar-refractivity contribution in [2.75, 3.05) is 18.4 Å². The Morgan fingerprint density at radius 3 is 2.91 bits per heavy atom. The average Bonchev–Trinajstić information content (AvgIpc) is 2.95. The van der Waals surface area contributed by atoms with Crippen molar-refractivity contribution < 1.29 is 9.59 Å². The molecule has 3 rings (SSSR count). The van der Waals surface area contributed by atoms with Crippen molar-refractivity contribution in [3.05, 3.63) is 28.8 Å². The second-order valence-corrected chi connectivity index (χ2v) is 6.43. The number of rotatable bonds is 1. The van der Waals surface area contributed by atoms with E-state index in [2.05, 4.69) is 5.32 Å². The van der Waals surface area contributed by atoms with Crippen LogP contribution in [0.5, 0.6) is 0 Å². The number of carbonyl (C=O) groups excluding carboxylic acids is 2. The smallest absolute Gasteiger partial charge is 0.322 e. The van der Waals surface area contributed by atoms with Gasteiger partial charge in [0.15, 0.2) is 0 Å². The Labute approximate surface area is 135 Å². The highest BCUT2D eigenvalue weighted by atomic mass is 35.5. The Balaban J connectivity index is 1.78. The van der Waals surface area contributed by atoms with Gasteiger partial charge in [-0.05, 0) is 38.3 Å². The molecule has 2 saturated heterocycles. The normalized spacial score (nSPS) is 24.4. The van der Waals surface area contributed by atoms with Crippen LogP contribution in [0.4, 0.5) is 10.5 Å². The number of hydrogen-bond acceptors (Lipinski definition) is 2. The van der Waals surface area contributed by atoms with Gasteiger partial charge in [-0.25, -0.2) is 4.79 Å². The van der Waals surface area contributed by atoms with E-state index in [0.29, 0.717) is 17.3 Å². The number of benzene rings is 1. The van der Waals surface area contributed by atoms with Gasteiger partial charge in [0.2, 0.25) is 5.91 Å². The van der Waals surface area contributed by atoms with Gasteiger partial charge in [0.05, 0.1) is 10.7 Å². The van der Waals surface area contributed by atoms with Gasteiger partial charge in [-0.3, -0.25) is 4.79 Å². The Morgan fingerprint density at radius 2 is 2.18 bits per heavy atom. The van der Waals surface area contributed by atoms with Crippen molar-refractivity contribution in [1.82, 2.24) is 9.80 Å². The first-order valence-corrected chi connectivity index (χ1v) is 8.00. The molecule has 1 aromatic carbocycles. The standard InChI is InChI=1S/C16H20ClN3O2/c1-10-5-3-7-13(17)14(10)18-16(22)20-9-12-6-4-8-19(12)15(21)11(20)2/h3,5,7,11-12H,4,6,8-9H2,1-2H3,(H,18,22)/t11-,12-/m0/s1. The number of halogens is 1. The molecule has 5 nitrogen and oxygen atoms in total. The van der Waals surface area contributed by atoms with Crippen LogP contribution < -0.4 is 5.32 Å². The molecule has 0 aromatic heterocycles. The molecule has 2 aliphatic heterocycles. The van der Waals surface area contributed by atoms with Crippen LogP contribution in [0.3, 0.4) is 0 Å². The van der Waals surface area contributed by atoms with E-state index in [0.717, 1.165) is 24.9 Å². The van der Waals surface area contributed by atoms with E-state index < -0.39 is 6.04 Å². The molecule has 3 amide bonds. The fourth-order valence-corrected chi connectivity index (χ4v) is 3.57. The zero-order valence-electron chi connectivity index (χ0n) is 12.8. The molecule has 0 unspecified atom stereocenters. The summed E-state index contributed by atoms with van der Waals surface area (Å²) < 4.78 is 0. The lowest BCUT2D eigenvalue weighted by Crippen LogP contribution is -2.60. The van der Waals surface area contributed by atoms with Gasteiger partial charge < -0.3 is 15.1 Å². The highest BCUT2D eigenvalue weighted by molar-refractivity contribution is 6.33. The van der Waals surface area contributed by atoms with E-state index in [9.17, 15) is 9.59 Å². The van der Waals surface area contributed by atoms with Crippen molar-refractivity contribution >= 4 is 29.2 Å². The van der Waals surface area contributed by atoms with Crippen molar-refractivity contribution in [1.29, 1.82) is 0 Å². The van der Waals surface area contributed by atoms with Gasteiger partial charge in [-0.15, -0.1) is 0 Å². The van der Waals surface area contributed by atoms with Gasteiger partial charge in [-0.2, -0.15) is 0 Å². The minimum atomic E-state index is -0.433. The number of aryl methyl sites for hydroxylation is 1. The number of piperazine rings is 1. The molecule has 0 radical (unpaired) electrons. The first kappa shape index (κ1) is 15.2. The molecule has 0 saturated carbocycles. The molecule has 22 heavy (non-hydrogen) atoms. The van der Waals surface area contributed by atoms with Gasteiger partial charge in [-0.1, -0.05) is 23.7 Å². The minimum Gasteiger partial charge on any atom is -0.336 e. The summed E-state index contributed by atoms with van der Waals surface area (Å²) in [5.41, 5.74) is 1.52. The lowest BCUT2D eigenvalue weighted by molar-refractivity contribution is -0.140. The second kappa shape index (κ2) is 5.80. The molecule has 2 heterocycles. The molecular formula is C16H20ClN3O2. The predicted molar refractivity (Wildman–Crippen MR) is 86.1 cm³/mol. The van der Waals surface area contributed by atoms with Gasteiger partial charge in [0.25, 0.3) is 0 Å². The maximum Gasteiger partial charge on any atom is 0.322 e. The number of anilines is 1. The third-order valence-electron chi connectivity index (χ3n) is 4.61. The Kier molecular flexibility index (Phi) is 4.00. The van der Waals surface area contributed by atoms with Crippen molar-refractivity contribution in [3.63, 3.8) is 0 Å². The number of hydrogen-bond donors (Lipinski definition) is 1. The first-order chi connectivity index (χ1) is 10.5. The van der Waals surface area contributed by atoms with E-state index in [4.69, 9.17) is 11.6 Å². The molecular weight excluding hydrogens is 302 g/mol. The predicted octanol–water partition coefficient (Wildman–Crippen LogP) is 2.88. The number of nitrogens with zero attached hydrogens (tertiary/aromatic N) is 2. The Morgan fingerprint density at radius 1 is 1.41 bits per heavy atom. The Hall–Kier alpha value is -1.75. The molecule has 1 N–H and O–H groups in total. The van der Waals surface area contributed by atoms with Gasteiger partial charge in [0.1, 0.15) is 6.04 Å². The summed E-state index contributed by atoms with van der Waals surface area (Å²) in [6, 6.07) is 4.94. The molecule has 0 aliphatic carbocycles. The number of nitrogens with one attached hydrogen (secondary N) is 1. The second-order valence-electron chi connectivity index (χ2n) is 6.02. The number of urea groups is 1. The van der Waals surface area contributed by atoms with E-state index in [1.807, 2.05) is 24.0 Å². The summed E-state index contributed by atoms with van der Waals surface area (Å²) in [5, 5.41) is 3.37. The largest absolute Gasteiger partial charge is 0.336 e. The molecule has 2 fully saturated rings. The highest BCUT2D eigenvalue weighted by Gasteiger charge is 2.42. The summed E-state index contributed by atoms with van der Waals surface area (Å²) in [5.74, 6) is 0.0415. The Bertz CT molecular complexity index is 599. The third-order valence-corrected chi connectivity index (χ3v) is 4.92. The number of carbonyl (C=O) groups is 2. The lowest BCUT2D eigenvalue weighted by Gasteiger charge is -2.41. The number of amides is 3. The minimum absolute atomic E-state index is 0.0415. The molecule has 2 atom stereocenters. The van der Waals surface area contributed by atoms with Crippen LogP contribution in [0.1, 0.15) is 25.3 Å². The molecule has 1 aromatic rings. The third kappa shape index (κ3) is 2.54. The molecule has 118 valence electrons. The van der Waals surface area contributed by atoms with Crippen LogP contribution in [-0.4, -0.2) is 46.9 Å². The van der Waals surface area contributed by atoms with Crippen molar-refractivity contribution in [2.45, 2.75) is 38.8 Å². The average molecular weight is 322 g/mol. The molecule has 2 aliphatic rings. The van der Waals surface area contributed by atoms with Crippen LogP contribution in [0.2, 0.25) is 5.02 Å². The molecule has 6 heteroatoms. The zero-order chi connectivity index (χ0) is 15.9. The number of fused-ring (bicyclic) bond motifs is 1. The van der Waals surface area contributed by atoms with Crippen LogP contribution in [0.15, 0.2) is 18.2 Å². The fourth-order valence-electron chi connectivity index (χ4n) is 3.30. The summed E-state index contributed by atoms with van der Waals surface area (Å²) in [6.07, 6.45) is 1.98. The first-order valence-electron chi connectivity index (χ1n) is 7.62. The molecule has 0 bridgehead atoms. The van der Waals surface area contributed by atoms with Gasteiger partial charge in [0, 0.05) is 19.1 Å². The van der Waals surface area contributed by atoms with Crippen LogP contribution in [0, 0.1) is 6.92 Å². The number of para-hydroxylation sites is 1. The van der Waals surface area contributed by atoms with E-state index in [-0.39, 0.29) is 18.0 Å². The summed E-state index contributed by atoms with van der Waals surface area (Å²) in [4.78, 5) is 28.5. The van der Waals surface area contributed by atoms with E-state index in [1.54, 1.807) is 17.9 Å². The van der Waals surface area contributed by atoms with E-state index in [1.165, 1.54) is 0 Å². The van der Waals surface area contributed by atoms with Crippen LogP contribution in [0.25, 0.3) is 0 Å². The van der Waals surface area contributed by atoms with Crippen molar-refractivity contribution in [3.8, 4) is 0 Å². The summed E-state index contributed by atoms with van der Waals surface area (Å²) in [7, 11) is 0. The summed E-state index contributed by atoms with van der Waals surface area (Å²) >= 11 is 6.16.